The van der Waals surface area contributed by atoms with Crippen molar-refractivity contribution in [3.05, 3.63) is 60.0 Å². The van der Waals surface area contributed by atoms with E-state index in [2.05, 4.69) is 4.98 Å². The number of nitrogens with zero attached hydrogens (tertiary/aromatic N) is 2. The van der Waals surface area contributed by atoms with Crippen molar-refractivity contribution in [3.63, 3.8) is 0 Å². The summed E-state index contributed by atoms with van der Waals surface area (Å²) in [5.41, 5.74) is 3.06. The molecule has 0 unspecified atom stereocenters. The van der Waals surface area contributed by atoms with Crippen LogP contribution < -0.4 is 4.90 Å². The molecule has 3 aromatic rings. The van der Waals surface area contributed by atoms with Crippen LogP contribution in [-0.4, -0.2) is 28.5 Å². The Hall–Kier alpha value is -3.15. The lowest BCUT2D eigenvalue weighted by Crippen LogP contribution is -2.25. The Morgan fingerprint density at radius 1 is 1.24 bits per heavy atom. The molecule has 1 amide bonds. The lowest BCUT2D eigenvalue weighted by Gasteiger charge is -2.15. The summed E-state index contributed by atoms with van der Waals surface area (Å²) in [6, 6.07) is 15.2. The highest BCUT2D eigenvalue weighted by molar-refractivity contribution is 6.00. The first-order valence-electron chi connectivity index (χ1n) is 8.07. The predicted octanol–water partition coefficient (Wildman–Crippen LogP) is 2.86. The highest BCUT2D eigenvalue weighted by Gasteiger charge is 2.35. The molecule has 4 rings (SSSR count). The number of oxazole rings is 1. The molecule has 2 heterocycles. The van der Waals surface area contributed by atoms with Crippen LogP contribution in [0.15, 0.2) is 52.9 Å². The number of aliphatic carboxylic acids is 1. The van der Waals surface area contributed by atoms with Crippen LogP contribution >= 0.6 is 0 Å². The average molecular weight is 336 g/mol. The third-order valence-corrected chi connectivity index (χ3v) is 4.40. The van der Waals surface area contributed by atoms with Gasteiger partial charge in [0.15, 0.2) is 11.5 Å². The molecule has 2 aromatic carbocycles. The van der Waals surface area contributed by atoms with Gasteiger partial charge in [-0.05, 0) is 17.7 Å². The summed E-state index contributed by atoms with van der Waals surface area (Å²) in [4.78, 5) is 29.2. The first kappa shape index (κ1) is 15.4. The van der Waals surface area contributed by atoms with Crippen LogP contribution in [0.4, 0.5) is 5.69 Å². The van der Waals surface area contributed by atoms with Crippen LogP contribution in [0.3, 0.4) is 0 Å². The zero-order valence-electron chi connectivity index (χ0n) is 13.4. The third kappa shape index (κ3) is 2.98. The highest BCUT2D eigenvalue weighted by atomic mass is 16.4. The van der Waals surface area contributed by atoms with Crippen molar-refractivity contribution in [1.82, 2.24) is 4.98 Å². The molecule has 1 saturated heterocycles. The number of aromatic nitrogens is 1. The highest BCUT2D eigenvalue weighted by Crippen LogP contribution is 2.29. The van der Waals surface area contributed by atoms with Gasteiger partial charge in [-0.3, -0.25) is 9.59 Å². The molecule has 1 aliphatic heterocycles. The first-order chi connectivity index (χ1) is 12.1. The van der Waals surface area contributed by atoms with E-state index in [9.17, 15) is 9.59 Å². The number of carboxylic acid groups (broad SMARTS) is 1. The van der Waals surface area contributed by atoms with E-state index in [1.165, 1.54) is 4.90 Å². The van der Waals surface area contributed by atoms with Crippen LogP contribution in [0.2, 0.25) is 0 Å². The summed E-state index contributed by atoms with van der Waals surface area (Å²) in [5, 5.41) is 9.10. The van der Waals surface area contributed by atoms with E-state index in [4.69, 9.17) is 9.52 Å². The maximum absolute atomic E-state index is 12.1. The molecule has 0 radical (unpaired) electrons. The van der Waals surface area contributed by atoms with Crippen molar-refractivity contribution in [2.45, 2.75) is 12.8 Å². The fourth-order valence-corrected chi connectivity index (χ4v) is 3.10. The van der Waals surface area contributed by atoms with E-state index < -0.39 is 11.9 Å². The van der Waals surface area contributed by atoms with Gasteiger partial charge in [0.1, 0.15) is 5.52 Å². The monoisotopic (exact) mass is 336 g/mol. The molecule has 25 heavy (non-hydrogen) atoms. The van der Waals surface area contributed by atoms with Crippen LogP contribution in [0.5, 0.6) is 0 Å². The summed E-state index contributed by atoms with van der Waals surface area (Å²) in [6.45, 7) is 0.185. The fourth-order valence-electron chi connectivity index (χ4n) is 3.10. The van der Waals surface area contributed by atoms with Gasteiger partial charge in [0.25, 0.3) is 0 Å². The maximum Gasteiger partial charge on any atom is 0.308 e. The quantitative estimate of drug-likeness (QED) is 0.792. The van der Waals surface area contributed by atoms with Crippen LogP contribution in [0.1, 0.15) is 17.9 Å². The van der Waals surface area contributed by atoms with Gasteiger partial charge in [-0.25, -0.2) is 4.98 Å². The van der Waals surface area contributed by atoms with Gasteiger partial charge in [0.05, 0.1) is 5.92 Å². The van der Waals surface area contributed by atoms with Crippen molar-refractivity contribution in [1.29, 1.82) is 0 Å². The second-order valence-corrected chi connectivity index (χ2v) is 6.17. The number of amides is 1. The first-order valence-corrected chi connectivity index (χ1v) is 8.07. The number of fused-ring (bicyclic) bond motifs is 1. The molecule has 1 aromatic heterocycles. The number of benzene rings is 2. The van der Waals surface area contributed by atoms with E-state index in [-0.39, 0.29) is 18.9 Å². The van der Waals surface area contributed by atoms with Crippen LogP contribution in [0, 0.1) is 5.92 Å². The average Bonchev–Trinajstić information content (AvgIpc) is 3.18. The van der Waals surface area contributed by atoms with Gasteiger partial charge in [-0.1, -0.05) is 30.3 Å². The van der Waals surface area contributed by atoms with Gasteiger partial charge >= 0.3 is 5.97 Å². The van der Waals surface area contributed by atoms with Gasteiger partial charge in [-0.2, -0.15) is 0 Å². The molecule has 1 atom stereocenters. The summed E-state index contributed by atoms with van der Waals surface area (Å²) < 4.78 is 5.82. The minimum absolute atomic E-state index is 0.0308. The zero-order valence-corrected chi connectivity index (χ0v) is 13.4. The van der Waals surface area contributed by atoms with Crippen molar-refractivity contribution in [2.75, 3.05) is 11.4 Å². The molecule has 1 fully saturated rings. The van der Waals surface area contributed by atoms with E-state index in [0.29, 0.717) is 23.6 Å². The zero-order chi connectivity index (χ0) is 17.4. The number of rotatable bonds is 4. The number of hydrogen-bond acceptors (Lipinski definition) is 4. The lowest BCUT2D eigenvalue weighted by molar-refractivity contribution is -0.141. The van der Waals surface area contributed by atoms with Gasteiger partial charge in [-0.15, -0.1) is 0 Å². The number of hydrogen-bond donors (Lipinski definition) is 1. The lowest BCUT2D eigenvalue weighted by atomic mass is 10.1. The Bertz CT molecular complexity index is 948. The van der Waals surface area contributed by atoms with Crippen molar-refractivity contribution < 1.29 is 19.1 Å². The van der Waals surface area contributed by atoms with E-state index in [1.54, 1.807) is 18.2 Å². The largest absolute Gasteiger partial charge is 0.481 e. The minimum atomic E-state index is -0.943. The fraction of sp³-hybridized carbons (Fsp3) is 0.211. The smallest absolute Gasteiger partial charge is 0.308 e. The van der Waals surface area contributed by atoms with Crippen molar-refractivity contribution in [2.24, 2.45) is 5.92 Å². The summed E-state index contributed by atoms with van der Waals surface area (Å²) >= 11 is 0. The molecular weight excluding hydrogens is 320 g/mol. The molecule has 0 bridgehead atoms. The molecule has 1 aliphatic rings. The molecule has 0 saturated carbocycles. The minimum Gasteiger partial charge on any atom is -0.481 e. The predicted molar refractivity (Wildman–Crippen MR) is 91.4 cm³/mol. The Morgan fingerprint density at radius 2 is 2.04 bits per heavy atom. The summed E-state index contributed by atoms with van der Waals surface area (Å²) in [6.07, 6.45) is 0.623. The van der Waals surface area contributed by atoms with Crippen LogP contribution in [0.25, 0.3) is 11.1 Å². The Morgan fingerprint density at radius 3 is 2.76 bits per heavy atom. The molecule has 0 spiro atoms. The van der Waals surface area contributed by atoms with Crippen molar-refractivity contribution in [3.8, 4) is 0 Å². The van der Waals surface area contributed by atoms with Gasteiger partial charge in [0.2, 0.25) is 5.91 Å². The van der Waals surface area contributed by atoms with E-state index in [0.717, 1.165) is 11.1 Å². The third-order valence-electron chi connectivity index (χ3n) is 4.40. The maximum atomic E-state index is 12.1. The molecule has 0 aliphatic carbocycles. The van der Waals surface area contributed by atoms with Crippen molar-refractivity contribution >= 4 is 28.7 Å². The van der Waals surface area contributed by atoms with E-state index in [1.807, 2.05) is 30.3 Å². The molecule has 6 heteroatoms. The standard InChI is InChI=1S/C19H16N2O4/c22-18-9-13(19(23)24)11-21(18)14-6-7-15-16(10-14)25-17(20-15)8-12-4-2-1-3-5-12/h1-7,10,13H,8-9,11H2,(H,23,24)/t13-/m0/s1. The number of carboxylic acids is 1. The normalized spacial score (nSPS) is 17.4. The SMILES string of the molecule is O=C(O)[C@H]1CC(=O)N(c2ccc3nc(Cc4ccccc4)oc3c2)C1. The molecular formula is C19H16N2O4. The molecule has 126 valence electrons. The Balaban J connectivity index is 1.60. The second kappa shape index (κ2) is 6.05. The summed E-state index contributed by atoms with van der Waals surface area (Å²) in [5.74, 6) is -1.18. The molecule has 1 N–H and O–H groups in total. The number of carbonyl (C=O) groups is 2. The number of carbonyl (C=O) groups excluding carboxylic acids is 1. The van der Waals surface area contributed by atoms with Gasteiger partial charge < -0.3 is 14.4 Å². The topological polar surface area (TPSA) is 83.6 Å². The summed E-state index contributed by atoms with van der Waals surface area (Å²) in [7, 11) is 0. The van der Waals surface area contributed by atoms with Gasteiger partial charge in [0, 0.05) is 31.1 Å². The number of anilines is 1. The molecule has 6 nitrogen and oxygen atoms in total. The van der Waals surface area contributed by atoms with Crippen LogP contribution in [-0.2, 0) is 16.0 Å². The van der Waals surface area contributed by atoms with E-state index >= 15 is 0 Å². The second-order valence-electron chi connectivity index (χ2n) is 6.17. The Kier molecular flexibility index (Phi) is 3.72. The Labute approximate surface area is 143 Å².